The van der Waals surface area contributed by atoms with E-state index in [1.165, 1.54) is 11.3 Å². The van der Waals surface area contributed by atoms with Crippen LogP contribution in [0.3, 0.4) is 0 Å². The van der Waals surface area contributed by atoms with Crippen LogP contribution in [0.1, 0.15) is 32.9 Å². The molecule has 1 heterocycles. The summed E-state index contributed by atoms with van der Waals surface area (Å²) in [5.41, 5.74) is 1.05. The van der Waals surface area contributed by atoms with E-state index in [1.54, 1.807) is 0 Å². The molecule has 16 heavy (non-hydrogen) atoms. The Morgan fingerprint density at radius 1 is 1.50 bits per heavy atom. The third kappa shape index (κ3) is 3.90. The Balaban J connectivity index is 2.56. The van der Waals surface area contributed by atoms with Gasteiger partial charge in [0.15, 0.2) is 5.13 Å². The van der Waals surface area contributed by atoms with E-state index in [9.17, 15) is 4.79 Å². The summed E-state index contributed by atoms with van der Waals surface area (Å²) in [5.74, 6) is 0.00385. The summed E-state index contributed by atoms with van der Waals surface area (Å²) in [6, 6.07) is 0. The molecule has 2 N–H and O–H groups in total. The van der Waals surface area contributed by atoms with Gasteiger partial charge in [-0.05, 0) is 7.05 Å². The molecule has 0 saturated carbocycles. The second-order valence-electron chi connectivity index (χ2n) is 4.69. The van der Waals surface area contributed by atoms with Gasteiger partial charge in [-0.2, -0.15) is 0 Å². The molecule has 0 bridgehead atoms. The quantitative estimate of drug-likeness (QED) is 0.847. The Morgan fingerprint density at radius 3 is 2.69 bits per heavy atom. The predicted molar refractivity (Wildman–Crippen MR) is 68.0 cm³/mol. The largest absolute Gasteiger partial charge is 0.319 e. The summed E-state index contributed by atoms with van der Waals surface area (Å²) >= 11 is 1.47. The standard InChI is InChI=1S/C11H19N3OS/c1-11(2,3)8-7-16-10(13-8)14-9(15)5-6-12-4/h7,12H,5-6H2,1-4H3,(H,13,14,15). The van der Waals surface area contributed by atoms with Crippen molar-refractivity contribution in [3.05, 3.63) is 11.1 Å². The summed E-state index contributed by atoms with van der Waals surface area (Å²) in [7, 11) is 1.83. The number of nitrogens with one attached hydrogen (secondary N) is 2. The molecule has 0 radical (unpaired) electrons. The van der Waals surface area contributed by atoms with Crippen LogP contribution < -0.4 is 10.6 Å². The van der Waals surface area contributed by atoms with Gasteiger partial charge in [0.25, 0.3) is 0 Å². The maximum atomic E-state index is 11.4. The minimum atomic E-state index is 0.00385. The number of hydrogen-bond acceptors (Lipinski definition) is 4. The summed E-state index contributed by atoms with van der Waals surface area (Å²) in [6.07, 6.45) is 0.473. The molecule has 1 aromatic rings. The van der Waals surface area contributed by atoms with Gasteiger partial charge in [-0.25, -0.2) is 4.98 Å². The van der Waals surface area contributed by atoms with Crippen LogP contribution in [0.5, 0.6) is 0 Å². The van der Waals surface area contributed by atoms with E-state index < -0.39 is 0 Å². The van der Waals surface area contributed by atoms with Gasteiger partial charge in [-0.15, -0.1) is 11.3 Å². The Labute approximate surface area is 100 Å². The minimum absolute atomic E-state index is 0.00385. The third-order valence-electron chi connectivity index (χ3n) is 2.12. The Morgan fingerprint density at radius 2 is 2.19 bits per heavy atom. The Bertz CT molecular complexity index is 354. The lowest BCUT2D eigenvalue weighted by atomic mass is 9.93. The molecule has 0 aliphatic carbocycles. The van der Waals surface area contributed by atoms with Crippen molar-refractivity contribution >= 4 is 22.4 Å². The fourth-order valence-corrected chi connectivity index (χ4v) is 2.05. The van der Waals surface area contributed by atoms with Gasteiger partial charge in [0.05, 0.1) is 5.69 Å². The first kappa shape index (κ1) is 13.1. The van der Waals surface area contributed by atoms with E-state index in [2.05, 4.69) is 36.4 Å². The van der Waals surface area contributed by atoms with Crippen LogP contribution in [-0.4, -0.2) is 24.5 Å². The van der Waals surface area contributed by atoms with Gasteiger partial charge in [0.1, 0.15) is 0 Å². The smallest absolute Gasteiger partial charge is 0.227 e. The van der Waals surface area contributed by atoms with Crippen LogP contribution in [0.15, 0.2) is 5.38 Å². The zero-order chi connectivity index (χ0) is 12.2. The highest BCUT2D eigenvalue weighted by Gasteiger charge is 2.17. The number of carbonyl (C=O) groups is 1. The molecule has 0 saturated heterocycles. The number of amides is 1. The number of anilines is 1. The van der Waals surface area contributed by atoms with E-state index in [0.29, 0.717) is 18.1 Å². The number of carbonyl (C=O) groups excluding carboxylic acids is 1. The van der Waals surface area contributed by atoms with Gasteiger partial charge in [-0.3, -0.25) is 4.79 Å². The van der Waals surface area contributed by atoms with Gasteiger partial charge in [-0.1, -0.05) is 20.8 Å². The molecule has 0 fully saturated rings. The lowest BCUT2D eigenvalue weighted by Gasteiger charge is -2.14. The first-order chi connectivity index (χ1) is 7.43. The molecular formula is C11H19N3OS. The van der Waals surface area contributed by atoms with Crippen LogP contribution >= 0.6 is 11.3 Å². The Kier molecular flexibility index (Phi) is 4.44. The highest BCUT2D eigenvalue weighted by molar-refractivity contribution is 7.13. The molecule has 1 amide bonds. The van der Waals surface area contributed by atoms with E-state index in [-0.39, 0.29) is 11.3 Å². The van der Waals surface area contributed by atoms with Crippen LogP contribution in [0, 0.1) is 0 Å². The Hall–Kier alpha value is -0.940. The molecule has 1 rings (SSSR count). The SMILES string of the molecule is CNCCC(=O)Nc1nc(C(C)(C)C)cs1. The van der Waals surface area contributed by atoms with Crippen LogP contribution in [0.4, 0.5) is 5.13 Å². The lowest BCUT2D eigenvalue weighted by Crippen LogP contribution is -2.19. The minimum Gasteiger partial charge on any atom is -0.319 e. The van der Waals surface area contributed by atoms with Gasteiger partial charge in [0.2, 0.25) is 5.91 Å². The lowest BCUT2D eigenvalue weighted by molar-refractivity contribution is -0.116. The predicted octanol–water partition coefficient (Wildman–Crippen LogP) is 1.99. The zero-order valence-electron chi connectivity index (χ0n) is 10.3. The van der Waals surface area contributed by atoms with Gasteiger partial charge in [0, 0.05) is 23.8 Å². The van der Waals surface area contributed by atoms with Crippen LogP contribution in [0.2, 0.25) is 0 Å². The number of aromatic nitrogens is 1. The van der Waals surface area contributed by atoms with Crippen molar-refractivity contribution in [3.8, 4) is 0 Å². The van der Waals surface area contributed by atoms with E-state index in [4.69, 9.17) is 0 Å². The first-order valence-electron chi connectivity index (χ1n) is 5.34. The maximum Gasteiger partial charge on any atom is 0.227 e. The fourth-order valence-electron chi connectivity index (χ4n) is 1.10. The van der Waals surface area contributed by atoms with Crippen molar-refractivity contribution < 1.29 is 4.79 Å². The second-order valence-corrected chi connectivity index (χ2v) is 5.55. The number of rotatable bonds is 4. The third-order valence-corrected chi connectivity index (χ3v) is 2.88. The van der Waals surface area contributed by atoms with Crippen molar-refractivity contribution in [1.29, 1.82) is 0 Å². The molecule has 0 aliphatic heterocycles. The molecule has 1 aromatic heterocycles. The van der Waals surface area contributed by atoms with Gasteiger partial charge >= 0.3 is 0 Å². The molecule has 0 aliphatic rings. The summed E-state index contributed by atoms with van der Waals surface area (Å²) in [5, 5.41) is 8.41. The number of thiazole rings is 1. The van der Waals surface area contributed by atoms with E-state index in [0.717, 1.165) is 5.69 Å². The molecule has 5 heteroatoms. The number of hydrogen-bond donors (Lipinski definition) is 2. The summed E-state index contributed by atoms with van der Waals surface area (Å²) < 4.78 is 0. The second kappa shape index (κ2) is 5.41. The van der Waals surface area contributed by atoms with Crippen molar-refractivity contribution in [2.24, 2.45) is 0 Å². The van der Waals surface area contributed by atoms with E-state index in [1.807, 2.05) is 12.4 Å². The average Bonchev–Trinajstić information content (AvgIpc) is 2.62. The molecule has 0 unspecified atom stereocenters. The molecule has 0 spiro atoms. The van der Waals surface area contributed by atoms with Crippen molar-refractivity contribution in [1.82, 2.24) is 10.3 Å². The number of nitrogens with zero attached hydrogens (tertiary/aromatic N) is 1. The maximum absolute atomic E-state index is 11.4. The highest BCUT2D eigenvalue weighted by atomic mass is 32.1. The topological polar surface area (TPSA) is 54.0 Å². The first-order valence-corrected chi connectivity index (χ1v) is 6.22. The molecule has 4 nitrogen and oxygen atoms in total. The monoisotopic (exact) mass is 241 g/mol. The molecule has 0 aromatic carbocycles. The van der Waals surface area contributed by atoms with Crippen LogP contribution in [-0.2, 0) is 10.2 Å². The normalized spacial score (nSPS) is 11.5. The van der Waals surface area contributed by atoms with E-state index >= 15 is 0 Å². The molecule has 0 atom stereocenters. The zero-order valence-corrected chi connectivity index (χ0v) is 11.1. The molecular weight excluding hydrogens is 222 g/mol. The molecule has 90 valence electrons. The van der Waals surface area contributed by atoms with Gasteiger partial charge < -0.3 is 10.6 Å². The van der Waals surface area contributed by atoms with Crippen molar-refractivity contribution in [3.63, 3.8) is 0 Å². The average molecular weight is 241 g/mol. The highest BCUT2D eigenvalue weighted by Crippen LogP contribution is 2.26. The van der Waals surface area contributed by atoms with Crippen molar-refractivity contribution in [2.75, 3.05) is 18.9 Å². The fraction of sp³-hybridized carbons (Fsp3) is 0.636. The summed E-state index contributed by atoms with van der Waals surface area (Å²) in [6.45, 7) is 7.00. The summed E-state index contributed by atoms with van der Waals surface area (Å²) in [4.78, 5) is 15.8. The van der Waals surface area contributed by atoms with Crippen molar-refractivity contribution in [2.45, 2.75) is 32.6 Å². The van der Waals surface area contributed by atoms with Crippen LogP contribution in [0.25, 0.3) is 0 Å².